The van der Waals surface area contributed by atoms with Crippen molar-refractivity contribution in [3.63, 3.8) is 0 Å². The number of alkyl halides is 2. The van der Waals surface area contributed by atoms with Gasteiger partial charge in [-0.2, -0.15) is 8.78 Å². The summed E-state index contributed by atoms with van der Waals surface area (Å²) in [5.74, 6) is -0.653. The highest BCUT2D eigenvalue weighted by molar-refractivity contribution is 5.97. The van der Waals surface area contributed by atoms with Crippen LogP contribution in [-0.4, -0.2) is 38.8 Å². The fraction of sp³-hybridized carbons (Fsp3) is 0.350. The van der Waals surface area contributed by atoms with E-state index in [-0.39, 0.29) is 23.1 Å². The molecule has 1 N–H and O–H groups in total. The topological polar surface area (TPSA) is 50.8 Å². The van der Waals surface area contributed by atoms with E-state index in [0.717, 1.165) is 13.0 Å². The number of fused-ring (bicyclic) bond motifs is 1. The van der Waals surface area contributed by atoms with E-state index in [9.17, 15) is 13.6 Å². The first kappa shape index (κ1) is 18.9. The summed E-state index contributed by atoms with van der Waals surface area (Å²) >= 11 is 0. The van der Waals surface area contributed by atoms with Crippen molar-refractivity contribution in [2.45, 2.75) is 26.0 Å². The monoisotopic (exact) mass is 376 g/mol. The Hall–Kier alpha value is -2.83. The summed E-state index contributed by atoms with van der Waals surface area (Å²) < 4.78 is 35.0. The van der Waals surface area contributed by atoms with Crippen molar-refractivity contribution in [2.24, 2.45) is 0 Å². The first-order valence-electron chi connectivity index (χ1n) is 8.75. The molecule has 7 heteroatoms. The van der Waals surface area contributed by atoms with E-state index in [1.807, 2.05) is 19.1 Å². The average Bonchev–Trinajstić information content (AvgIpc) is 3.09. The standard InChI is InChI=1S/C20H22F2N2O3/c1-13(24-11-10-14-6-3-4-8-16(14)24)12-23-19(25)15-7-5-9-17(26-2)18(15)27-20(21)22/h3-9,13,20H,10-12H2,1-2H3,(H,23,25)/t13-/m0/s1. The molecule has 0 aromatic heterocycles. The number of benzene rings is 2. The van der Waals surface area contributed by atoms with Gasteiger partial charge in [0.2, 0.25) is 0 Å². The van der Waals surface area contributed by atoms with Crippen LogP contribution < -0.4 is 19.7 Å². The number of nitrogens with zero attached hydrogens (tertiary/aromatic N) is 1. The second kappa shape index (κ2) is 8.24. The molecule has 27 heavy (non-hydrogen) atoms. The van der Waals surface area contributed by atoms with Crippen LogP contribution in [0.3, 0.4) is 0 Å². The summed E-state index contributed by atoms with van der Waals surface area (Å²) in [5.41, 5.74) is 2.47. The summed E-state index contributed by atoms with van der Waals surface area (Å²) in [6, 6.07) is 12.7. The fourth-order valence-corrected chi connectivity index (χ4v) is 3.33. The number of ether oxygens (including phenoxy) is 2. The molecule has 1 atom stereocenters. The Morgan fingerprint density at radius 1 is 1.22 bits per heavy atom. The van der Waals surface area contributed by atoms with Crippen molar-refractivity contribution in [2.75, 3.05) is 25.1 Å². The summed E-state index contributed by atoms with van der Waals surface area (Å²) in [6.07, 6.45) is 0.969. The minimum atomic E-state index is -3.05. The predicted octanol–water partition coefficient (Wildman–Crippen LogP) is 3.48. The van der Waals surface area contributed by atoms with Crippen molar-refractivity contribution in [1.82, 2.24) is 5.32 Å². The van der Waals surface area contributed by atoms with Crippen LogP contribution in [0.2, 0.25) is 0 Å². The number of carbonyl (C=O) groups excluding carboxylic acids is 1. The second-order valence-electron chi connectivity index (χ2n) is 6.35. The van der Waals surface area contributed by atoms with Crippen molar-refractivity contribution in [3.05, 3.63) is 53.6 Å². The van der Waals surface area contributed by atoms with E-state index < -0.39 is 12.5 Å². The number of halogens is 2. The van der Waals surface area contributed by atoms with E-state index in [1.165, 1.54) is 30.5 Å². The number of rotatable bonds is 7. The maximum Gasteiger partial charge on any atom is 0.387 e. The van der Waals surface area contributed by atoms with Crippen LogP contribution >= 0.6 is 0 Å². The molecule has 1 amide bonds. The Labute approximate surface area is 156 Å². The maximum absolute atomic E-state index is 12.7. The van der Waals surface area contributed by atoms with Gasteiger partial charge in [0, 0.05) is 24.8 Å². The molecular weight excluding hydrogens is 354 g/mol. The Bertz CT molecular complexity index is 814. The number of para-hydroxylation sites is 2. The lowest BCUT2D eigenvalue weighted by molar-refractivity contribution is -0.0515. The first-order chi connectivity index (χ1) is 13.0. The predicted molar refractivity (Wildman–Crippen MR) is 98.9 cm³/mol. The molecule has 144 valence electrons. The first-order valence-corrected chi connectivity index (χ1v) is 8.75. The van der Waals surface area contributed by atoms with Crippen molar-refractivity contribution in [1.29, 1.82) is 0 Å². The lowest BCUT2D eigenvalue weighted by Gasteiger charge is -2.27. The second-order valence-corrected chi connectivity index (χ2v) is 6.35. The van der Waals surface area contributed by atoms with Crippen LogP contribution in [-0.2, 0) is 6.42 Å². The molecule has 1 heterocycles. The van der Waals surface area contributed by atoms with Gasteiger partial charge in [-0.25, -0.2) is 0 Å². The Morgan fingerprint density at radius 3 is 2.74 bits per heavy atom. The van der Waals surface area contributed by atoms with Crippen LogP contribution in [0, 0.1) is 0 Å². The number of hydrogen-bond acceptors (Lipinski definition) is 4. The van der Waals surface area contributed by atoms with E-state index >= 15 is 0 Å². The molecule has 0 saturated carbocycles. The van der Waals surface area contributed by atoms with Gasteiger partial charge in [-0.15, -0.1) is 0 Å². The van der Waals surface area contributed by atoms with E-state index in [2.05, 4.69) is 27.1 Å². The van der Waals surface area contributed by atoms with Crippen molar-refractivity contribution in [3.8, 4) is 11.5 Å². The molecule has 1 aliphatic rings. The van der Waals surface area contributed by atoms with E-state index in [4.69, 9.17) is 4.74 Å². The molecule has 2 aromatic carbocycles. The smallest absolute Gasteiger partial charge is 0.387 e. The van der Waals surface area contributed by atoms with E-state index in [1.54, 1.807) is 6.07 Å². The average molecular weight is 376 g/mol. The Balaban J connectivity index is 1.69. The third-order valence-electron chi connectivity index (χ3n) is 4.66. The quantitative estimate of drug-likeness (QED) is 0.804. The number of amides is 1. The van der Waals surface area contributed by atoms with Gasteiger partial charge in [0.25, 0.3) is 5.91 Å². The zero-order chi connectivity index (χ0) is 19.4. The fourth-order valence-electron chi connectivity index (χ4n) is 3.33. The highest BCUT2D eigenvalue weighted by atomic mass is 19.3. The van der Waals surface area contributed by atoms with Gasteiger partial charge in [-0.05, 0) is 37.1 Å². The third-order valence-corrected chi connectivity index (χ3v) is 4.66. The summed E-state index contributed by atoms with van der Waals surface area (Å²) in [6.45, 7) is 0.228. The molecule has 0 bridgehead atoms. The van der Waals surface area contributed by atoms with Crippen LogP contribution in [0.1, 0.15) is 22.8 Å². The minimum Gasteiger partial charge on any atom is -0.493 e. The SMILES string of the molecule is COc1cccc(C(=O)NC[C@H](C)N2CCc3ccccc32)c1OC(F)F. The van der Waals surface area contributed by atoms with Gasteiger partial charge < -0.3 is 19.7 Å². The van der Waals surface area contributed by atoms with Crippen molar-refractivity contribution < 1.29 is 23.0 Å². The summed E-state index contributed by atoms with van der Waals surface area (Å²) in [5, 5.41) is 2.81. The molecular formula is C20H22F2N2O3. The molecule has 0 fully saturated rings. The molecule has 3 rings (SSSR count). The molecule has 0 saturated heterocycles. The highest BCUT2D eigenvalue weighted by Crippen LogP contribution is 2.32. The molecule has 0 spiro atoms. The molecule has 2 aromatic rings. The van der Waals surface area contributed by atoms with Gasteiger partial charge in [0.05, 0.1) is 12.7 Å². The molecule has 0 unspecified atom stereocenters. The zero-order valence-corrected chi connectivity index (χ0v) is 15.2. The zero-order valence-electron chi connectivity index (χ0n) is 15.2. The van der Waals surface area contributed by atoms with Gasteiger partial charge in [0.15, 0.2) is 11.5 Å². The molecule has 1 aliphatic heterocycles. The molecule has 0 aliphatic carbocycles. The largest absolute Gasteiger partial charge is 0.493 e. The van der Waals surface area contributed by atoms with Gasteiger partial charge in [-0.3, -0.25) is 4.79 Å². The third kappa shape index (κ3) is 4.13. The van der Waals surface area contributed by atoms with Gasteiger partial charge >= 0.3 is 6.61 Å². The summed E-state index contributed by atoms with van der Waals surface area (Å²) in [4.78, 5) is 14.8. The normalized spacial score (nSPS) is 14.0. The van der Waals surface area contributed by atoms with Crippen LogP contribution in [0.25, 0.3) is 0 Å². The Kier molecular flexibility index (Phi) is 5.78. The van der Waals surface area contributed by atoms with E-state index in [0.29, 0.717) is 6.54 Å². The number of carbonyl (C=O) groups is 1. The molecule has 0 radical (unpaired) electrons. The van der Waals surface area contributed by atoms with Gasteiger partial charge in [0.1, 0.15) is 0 Å². The number of anilines is 1. The lowest BCUT2D eigenvalue weighted by Crippen LogP contribution is -2.41. The van der Waals surface area contributed by atoms with Crippen LogP contribution in [0.4, 0.5) is 14.5 Å². The lowest BCUT2D eigenvalue weighted by atomic mass is 10.1. The number of nitrogens with one attached hydrogen (secondary N) is 1. The summed E-state index contributed by atoms with van der Waals surface area (Å²) in [7, 11) is 1.34. The Morgan fingerprint density at radius 2 is 2.00 bits per heavy atom. The highest BCUT2D eigenvalue weighted by Gasteiger charge is 2.24. The van der Waals surface area contributed by atoms with Crippen molar-refractivity contribution >= 4 is 11.6 Å². The minimum absolute atomic E-state index is 0.0173. The van der Waals surface area contributed by atoms with Crippen LogP contribution in [0.15, 0.2) is 42.5 Å². The van der Waals surface area contributed by atoms with Crippen LogP contribution in [0.5, 0.6) is 11.5 Å². The maximum atomic E-state index is 12.7. The number of hydrogen-bond donors (Lipinski definition) is 1. The number of methoxy groups -OCH3 is 1. The van der Waals surface area contributed by atoms with Gasteiger partial charge in [-0.1, -0.05) is 24.3 Å². The molecule has 5 nitrogen and oxygen atoms in total.